The van der Waals surface area contributed by atoms with Crippen LogP contribution in [0.1, 0.15) is 5.56 Å². The van der Waals surface area contributed by atoms with Crippen LogP contribution in [0.25, 0.3) is 17.1 Å². The molecule has 0 saturated heterocycles. The van der Waals surface area contributed by atoms with Crippen LogP contribution in [0.4, 0.5) is 4.39 Å². The Morgan fingerprint density at radius 3 is 2.67 bits per heavy atom. The third-order valence-electron chi connectivity index (χ3n) is 4.09. The Morgan fingerprint density at radius 2 is 1.93 bits per heavy atom. The number of halogens is 1. The van der Waals surface area contributed by atoms with Gasteiger partial charge in [-0.15, -0.1) is 0 Å². The van der Waals surface area contributed by atoms with Crippen molar-refractivity contribution in [2.45, 2.75) is 0 Å². The van der Waals surface area contributed by atoms with E-state index in [1.54, 1.807) is 29.3 Å². The van der Waals surface area contributed by atoms with Crippen LogP contribution in [0.5, 0.6) is 5.75 Å². The number of carbonyl (C=O) groups is 1. The first kappa shape index (κ1) is 19.1. The Morgan fingerprint density at radius 1 is 1.13 bits per heavy atom. The van der Waals surface area contributed by atoms with Crippen molar-refractivity contribution >= 4 is 12.1 Å². The molecular weight excluding hydrogens is 387 g/mol. The van der Waals surface area contributed by atoms with E-state index in [1.807, 2.05) is 30.3 Å². The van der Waals surface area contributed by atoms with Crippen LogP contribution in [0.15, 0.2) is 88.7 Å². The number of hydrogen-bond donors (Lipinski definition) is 1. The molecule has 2 aromatic carbocycles. The molecule has 1 N–H and O–H groups in total. The minimum absolute atomic E-state index is 0.253. The van der Waals surface area contributed by atoms with E-state index >= 15 is 0 Å². The minimum atomic E-state index is -0.453. The van der Waals surface area contributed by atoms with Gasteiger partial charge < -0.3 is 9.15 Å². The first-order valence-corrected chi connectivity index (χ1v) is 9.08. The molecule has 0 atom stereocenters. The molecule has 0 spiro atoms. The quantitative estimate of drug-likeness (QED) is 0.375. The van der Waals surface area contributed by atoms with Crippen molar-refractivity contribution in [3.05, 3.63) is 90.6 Å². The third-order valence-corrected chi connectivity index (χ3v) is 4.09. The maximum atomic E-state index is 12.9. The molecule has 0 radical (unpaired) electrons. The maximum Gasteiger partial charge on any atom is 0.277 e. The lowest BCUT2D eigenvalue weighted by Gasteiger charge is -2.04. The van der Waals surface area contributed by atoms with Crippen molar-refractivity contribution in [1.82, 2.24) is 15.2 Å². The van der Waals surface area contributed by atoms with E-state index in [0.29, 0.717) is 22.8 Å². The first-order chi connectivity index (χ1) is 14.7. The molecule has 8 heteroatoms. The molecular formula is C22H17FN4O3. The Balaban J connectivity index is 1.45. The van der Waals surface area contributed by atoms with Gasteiger partial charge in [-0.2, -0.15) is 10.2 Å². The van der Waals surface area contributed by atoms with E-state index in [0.717, 1.165) is 5.69 Å². The van der Waals surface area contributed by atoms with Gasteiger partial charge in [0.25, 0.3) is 5.91 Å². The van der Waals surface area contributed by atoms with E-state index in [4.69, 9.17) is 9.15 Å². The van der Waals surface area contributed by atoms with Gasteiger partial charge in [0.05, 0.1) is 18.2 Å². The van der Waals surface area contributed by atoms with E-state index in [-0.39, 0.29) is 12.4 Å². The van der Waals surface area contributed by atoms with Gasteiger partial charge in [-0.3, -0.25) is 4.79 Å². The number of benzene rings is 2. The molecule has 1 amide bonds. The normalized spacial score (nSPS) is 11.0. The fourth-order valence-electron chi connectivity index (χ4n) is 2.69. The number of ether oxygens (including phenoxy) is 1. The third kappa shape index (κ3) is 4.61. The SMILES string of the molecule is O=C(COc1ccc(F)cc1)N/N=C\c1cn(-c2ccccc2)nc1-c1ccco1. The highest BCUT2D eigenvalue weighted by Crippen LogP contribution is 2.23. The first-order valence-electron chi connectivity index (χ1n) is 9.08. The summed E-state index contributed by atoms with van der Waals surface area (Å²) in [6.45, 7) is -0.253. The smallest absolute Gasteiger partial charge is 0.277 e. The molecule has 4 rings (SSSR count). The Kier molecular flexibility index (Phi) is 5.66. The fourth-order valence-corrected chi connectivity index (χ4v) is 2.69. The number of nitrogens with zero attached hydrogens (tertiary/aromatic N) is 3. The summed E-state index contributed by atoms with van der Waals surface area (Å²) in [6.07, 6.45) is 4.84. The molecule has 0 saturated carbocycles. The molecule has 30 heavy (non-hydrogen) atoms. The lowest BCUT2D eigenvalue weighted by molar-refractivity contribution is -0.123. The van der Waals surface area contributed by atoms with Gasteiger partial charge in [0, 0.05) is 11.8 Å². The van der Waals surface area contributed by atoms with Crippen LogP contribution < -0.4 is 10.2 Å². The van der Waals surface area contributed by atoms with Gasteiger partial charge in [0.2, 0.25) is 0 Å². The summed E-state index contributed by atoms with van der Waals surface area (Å²) in [7, 11) is 0. The number of nitrogens with one attached hydrogen (secondary N) is 1. The summed E-state index contributed by atoms with van der Waals surface area (Å²) >= 11 is 0. The predicted octanol–water partition coefficient (Wildman–Crippen LogP) is 3.80. The lowest BCUT2D eigenvalue weighted by atomic mass is 10.2. The van der Waals surface area contributed by atoms with E-state index in [9.17, 15) is 9.18 Å². The Bertz CT molecular complexity index is 1140. The standard InChI is InChI=1S/C22H17FN4O3/c23-17-8-10-19(11-9-17)30-15-21(28)25-24-13-16-14-27(18-5-2-1-3-6-18)26-22(16)20-7-4-12-29-20/h1-14H,15H2,(H,25,28)/b24-13-. The van der Waals surface area contributed by atoms with Crippen LogP contribution in [0.3, 0.4) is 0 Å². The van der Waals surface area contributed by atoms with Gasteiger partial charge in [-0.1, -0.05) is 18.2 Å². The monoisotopic (exact) mass is 404 g/mol. The summed E-state index contributed by atoms with van der Waals surface area (Å²) in [4.78, 5) is 12.0. The van der Waals surface area contributed by atoms with Crippen molar-refractivity contribution in [2.75, 3.05) is 6.61 Å². The van der Waals surface area contributed by atoms with Gasteiger partial charge in [-0.05, 0) is 48.5 Å². The summed E-state index contributed by atoms with van der Waals surface area (Å²) in [5.74, 6) is 0.141. The van der Waals surface area contributed by atoms with Crippen LogP contribution >= 0.6 is 0 Å². The van der Waals surface area contributed by atoms with Crippen LogP contribution in [0.2, 0.25) is 0 Å². The average Bonchev–Trinajstić information content (AvgIpc) is 3.44. The number of rotatable bonds is 7. The average molecular weight is 404 g/mol. The summed E-state index contributed by atoms with van der Waals surface area (Å²) in [6, 6.07) is 18.6. The summed E-state index contributed by atoms with van der Waals surface area (Å²) in [5, 5.41) is 8.55. The zero-order valence-corrected chi connectivity index (χ0v) is 15.7. The number of hydrogen-bond acceptors (Lipinski definition) is 5. The maximum absolute atomic E-state index is 12.9. The lowest BCUT2D eigenvalue weighted by Crippen LogP contribution is -2.24. The highest BCUT2D eigenvalue weighted by molar-refractivity contribution is 5.88. The summed E-state index contributed by atoms with van der Waals surface area (Å²) in [5.41, 5.74) is 4.52. The molecule has 2 aromatic heterocycles. The van der Waals surface area contributed by atoms with Crippen molar-refractivity contribution in [2.24, 2.45) is 5.10 Å². The molecule has 0 aliphatic heterocycles. The molecule has 0 aliphatic carbocycles. The molecule has 4 aromatic rings. The number of furan rings is 1. The van der Waals surface area contributed by atoms with E-state index in [2.05, 4.69) is 15.6 Å². The fraction of sp³-hybridized carbons (Fsp3) is 0.0455. The number of carbonyl (C=O) groups excluding carboxylic acids is 1. The number of hydrazone groups is 1. The van der Waals surface area contributed by atoms with Crippen molar-refractivity contribution < 1.29 is 18.3 Å². The molecule has 0 bridgehead atoms. The second-order valence-corrected chi connectivity index (χ2v) is 6.23. The zero-order valence-electron chi connectivity index (χ0n) is 15.7. The van der Waals surface area contributed by atoms with Gasteiger partial charge in [-0.25, -0.2) is 14.5 Å². The molecule has 150 valence electrons. The number of amides is 1. The molecule has 0 aliphatic rings. The zero-order chi connectivity index (χ0) is 20.8. The molecule has 7 nitrogen and oxygen atoms in total. The van der Waals surface area contributed by atoms with Crippen LogP contribution in [-0.2, 0) is 4.79 Å². The van der Waals surface area contributed by atoms with Crippen molar-refractivity contribution in [3.63, 3.8) is 0 Å². The van der Waals surface area contributed by atoms with Gasteiger partial charge in [0.15, 0.2) is 12.4 Å². The van der Waals surface area contributed by atoms with Crippen LogP contribution in [0, 0.1) is 5.82 Å². The number of aromatic nitrogens is 2. The molecule has 2 heterocycles. The molecule has 0 unspecified atom stereocenters. The second-order valence-electron chi connectivity index (χ2n) is 6.23. The minimum Gasteiger partial charge on any atom is -0.484 e. The Hall–Kier alpha value is -4.20. The largest absolute Gasteiger partial charge is 0.484 e. The van der Waals surface area contributed by atoms with Gasteiger partial charge >= 0.3 is 0 Å². The van der Waals surface area contributed by atoms with Crippen LogP contribution in [-0.4, -0.2) is 28.5 Å². The second kappa shape index (κ2) is 8.87. The Labute approximate surface area is 171 Å². The van der Waals surface area contributed by atoms with Gasteiger partial charge in [0.1, 0.15) is 17.3 Å². The molecule has 0 fully saturated rings. The topological polar surface area (TPSA) is 81.6 Å². The van der Waals surface area contributed by atoms with Crippen molar-refractivity contribution in [3.8, 4) is 22.9 Å². The highest BCUT2D eigenvalue weighted by Gasteiger charge is 2.13. The summed E-state index contributed by atoms with van der Waals surface area (Å²) < 4.78 is 25.3. The van der Waals surface area contributed by atoms with E-state index in [1.165, 1.54) is 30.5 Å². The van der Waals surface area contributed by atoms with E-state index < -0.39 is 5.91 Å². The highest BCUT2D eigenvalue weighted by atomic mass is 19.1. The van der Waals surface area contributed by atoms with Crippen molar-refractivity contribution in [1.29, 1.82) is 0 Å². The number of para-hydroxylation sites is 1. The predicted molar refractivity (Wildman–Crippen MR) is 109 cm³/mol.